The summed E-state index contributed by atoms with van der Waals surface area (Å²) in [7, 11) is 1.74. The van der Waals surface area contributed by atoms with Gasteiger partial charge < -0.3 is 14.8 Å². The van der Waals surface area contributed by atoms with Gasteiger partial charge in [-0.05, 0) is 80.1 Å². The number of hydrogen-bond donors (Lipinski definition) is 1. The maximum atomic E-state index is 13.2. The predicted octanol–water partition coefficient (Wildman–Crippen LogP) is 5.21. The van der Waals surface area contributed by atoms with Crippen molar-refractivity contribution in [3.8, 4) is 5.75 Å². The summed E-state index contributed by atoms with van der Waals surface area (Å²) in [5, 5.41) is 3.31. The molecule has 4 nitrogen and oxygen atoms in total. The summed E-state index contributed by atoms with van der Waals surface area (Å²) in [6, 6.07) is 8.55. The Labute approximate surface area is 179 Å². The van der Waals surface area contributed by atoms with Crippen molar-refractivity contribution in [2.45, 2.75) is 82.3 Å². The van der Waals surface area contributed by atoms with Crippen LogP contribution in [0.25, 0.3) is 0 Å². The van der Waals surface area contributed by atoms with E-state index in [4.69, 9.17) is 9.47 Å². The van der Waals surface area contributed by atoms with Crippen molar-refractivity contribution in [1.29, 1.82) is 0 Å². The first-order chi connectivity index (χ1) is 14.5. The summed E-state index contributed by atoms with van der Waals surface area (Å²) < 4.78 is 23.8. The van der Waals surface area contributed by atoms with E-state index in [1.807, 2.05) is 19.1 Å². The Morgan fingerprint density at radius 1 is 1.20 bits per heavy atom. The SMILES string of the molecule is CC/C(=C\F)COc1ccc(C23CCCC(C(=O)NC4CC(OC)C4)(CC2)C3)cc1. The van der Waals surface area contributed by atoms with Crippen LogP contribution in [0.5, 0.6) is 5.75 Å². The third kappa shape index (κ3) is 4.01. The summed E-state index contributed by atoms with van der Waals surface area (Å²) in [5.41, 5.74) is 1.84. The first-order valence-electron chi connectivity index (χ1n) is 11.4. The second-order valence-corrected chi connectivity index (χ2v) is 9.52. The zero-order valence-electron chi connectivity index (χ0n) is 18.2. The van der Waals surface area contributed by atoms with Crippen LogP contribution in [0.15, 0.2) is 36.2 Å². The lowest BCUT2D eigenvalue weighted by Crippen LogP contribution is -2.52. The van der Waals surface area contributed by atoms with Gasteiger partial charge in [0, 0.05) is 13.2 Å². The number of rotatable bonds is 8. The van der Waals surface area contributed by atoms with Crippen molar-refractivity contribution in [1.82, 2.24) is 5.32 Å². The minimum absolute atomic E-state index is 0.0935. The van der Waals surface area contributed by atoms with Crippen LogP contribution in [-0.4, -0.2) is 31.8 Å². The molecule has 4 rings (SSSR count). The minimum Gasteiger partial charge on any atom is -0.489 e. The van der Waals surface area contributed by atoms with Gasteiger partial charge in [-0.3, -0.25) is 4.79 Å². The fourth-order valence-electron chi connectivity index (χ4n) is 5.70. The number of benzene rings is 1. The molecule has 1 amide bonds. The Hall–Kier alpha value is -1.88. The van der Waals surface area contributed by atoms with Gasteiger partial charge in [-0.25, -0.2) is 4.39 Å². The molecule has 3 aliphatic carbocycles. The Morgan fingerprint density at radius 2 is 1.97 bits per heavy atom. The van der Waals surface area contributed by atoms with E-state index in [0.717, 1.165) is 57.1 Å². The van der Waals surface area contributed by atoms with Crippen LogP contribution in [0.3, 0.4) is 0 Å². The molecule has 5 heteroatoms. The van der Waals surface area contributed by atoms with E-state index < -0.39 is 0 Å². The molecular weight excluding hydrogens is 381 g/mol. The molecule has 30 heavy (non-hydrogen) atoms. The minimum atomic E-state index is -0.215. The van der Waals surface area contributed by atoms with E-state index in [0.29, 0.717) is 24.4 Å². The molecule has 0 saturated heterocycles. The topological polar surface area (TPSA) is 47.6 Å². The Bertz CT molecular complexity index is 786. The van der Waals surface area contributed by atoms with Crippen molar-refractivity contribution in [3.63, 3.8) is 0 Å². The molecule has 1 N–H and O–H groups in total. The van der Waals surface area contributed by atoms with Crippen LogP contribution >= 0.6 is 0 Å². The smallest absolute Gasteiger partial charge is 0.226 e. The highest BCUT2D eigenvalue weighted by molar-refractivity contribution is 5.84. The highest BCUT2D eigenvalue weighted by atomic mass is 19.1. The van der Waals surface area contributed by atoms with Crippen molar-refractivity contribution >= 4 is 5.91 Å². The van der Waals surface area contributed by atoms with Crippen molar-refractivity contribution in [2.75, 3.05) is 13.7 Å². The first kappa shape index (κ1) is 21.4. The molecular formula is C25H34FNO3. The maximum Gasteiger partial charge on any atom is 0.226 e. The number of nitrogens with one attached hydrogen (secondary N) is 1. The highest BCUT2D eigenvalue weighted by Crippen LogP contribution is 2.59. The van der Waals surface area contributed by atoms with Gasteiger partial charge in [-0.2, -0.15) is 0 Å². The maximum absolute atomic E-state index is 13.2. The molecule has 0 aromatic heterocycles. The van der Waals surface area contributed by atoms with Crippen molar-refractivity contribution in [2.24, 2.45) is 5.41 Å². The number of halogens is 1. The molecule has 164 valence electrons. The molecule has 2 unspecified atom stereocenters. The van der Waals surface area contributed by atoms with Crippen LogP contribution in [0.2, 0.25) is 0 Å². The van der Waals surface area contributed by atoms with E-state index >= 15 is 0 Å². The average molecular weight is 416 g/mol. The molecule has 3 saturated carbocycles. The average Bonchev–Trinajstić information content (AvgIpc) is 3.03. The Balaban J connectivity index is 1.40. The number of fused-ring (bicyclic) bond motifs is 2. The van der Waals surface area contributed by atoms with E-state index in [1.165, 1.54) is 5.56 Å². The van der Waals surface area contributed by atoms with E-state index in [-0.39, 0.29) is 29.4 Å². The van der Waals surface area contributed by atoms with Crippen LogP contribution in [0.1, 0.15) is 70.3 Å². The van der Waals surface area contributed by atoms with E-state index in [1.54, 1.807) is 7.11 Å². The summed E-state index contributed by atoms with van der Waals surface area (Å²) in [5.74, 6) is 1.02. The summed E-state index contributed by atoms with van der Waals surface area (Å²) in [6.07, 6.45) is 9.66. The standard InChI is InChI=1S/C25H34FNO3/c1-3-18(15-26)16-30-21-7-5-19(6-8-21)24-9-4-10-25(17-24,12-11-24)23(28)27-20-13-22(14-20)29-2/h5-8,15,20,22H,3-4,9-14,16-17H2,1-2H3,(H,27,28)/b18-15+. The molecule has 1 aromatic rings. The molecule has 0 spiro atoms. The fourth-order valence-corrected chi connectivity index (χ4v) is 5.70. The normalized spacial score (nSPS) is 33.1. The Kier molecular flexibility index (Phi) is 6.19. The van der Waals surface area contributed by atoms with Gasteiger partial charge in [0.25, 0.3) is 0 Å². The number of methoxy groups -OCH3 is 1. The van der Waals surface area contributed by atoms with Crippen molar-refractivity contribution < 1.29 is 18.7 Å². The first-order valence-corrected chi connectivity index (χ1v) is 11.4. The summed E-state index contributed by atoms with van der Waals surface area (Å²) in [6.45, 7) is 2.20. The zero-order chi connectivity index (χ0) is 21.2. The van der Waals surface area contributed by atoms with Gasteiger partial charge in [0.2, 0.25) is 5.91 Å². The Morgan fingerprint density at radius 3 is 2.63 bits per heavy atom. The lowest BCUT2D eigenvalue weighted by molar-refractivity contribution is -0.134. The van der Waals surface area contributed by atoms with Gasteiger partial charge >= 0.3 is 0 Å². The van der Waals surface area contributed by atoms with E-state index in [2.05, 4.69) is 17.4 Å². The monoisotopic (exact) mass is 415 g/mol. The van der Waals surface area contributed by atoms with Crippen LogP contribution in [0, 0.1) is 5.41 Å². The summed E-state index contributed by atoms with van der Waals surface area (Å²) >= 11 is 0. The highest BCUT2D eigenvalue weighted by Gasteiger charge is 2.55. The van der Waals surface area contributed by atoms with Gasteiger partial charge in [-0.1, -0.05) is 25.5 Å². The number of hydrogen-bond acceptors (Lipinski definition) is 3. The molecule has 3 aliphatic rings. The van der Waals surface area contributed by atoms with Gasteiger partial charge in [0.15, 0.2) is 0 Å². The second kappa shape index (κ2) is 8.70. The zero-order valence-corrected chi connectivity index (χ0v) is 18.2. The predicted molar refractivity (Wildman–Crippen MR) is 115 cm³/mol. The number of amides is 1. The third-order valence-corrected chi connectivity index (χ3v) is 7.81. The number of carbonyl (C=O) groups excluding carboxylic acids is 1. The molecule has 2 bridgehead atoms. The van der Waals surface area contributed by atoms with E-state index in [9.17, 15) is 9.18 Å². The van der Waals surface area contributed by atoms with Gasteiger partial charge in [-0.15, -0.1) is 0 Å². The fraction of sp³-hybridized carbons (Fsp3) is 0.640. The van der Waals surface area contributed by atoms with Crippen LogP contribution < -0.4 is 10.1 Å². The molecule has 0 heterocycles. The third-order valence-electron chi connectivity index (χ3n) is 7.81. The molecule has 0 aliphatic heterocycles. The van der Waals surface area contributed by atoms with Crippen LogP contribution in [-0.2, 0) is 14.9 Å². The quantitative estimate of drug-likeness (QED) is 0.634. The lowest BCUT2D eigenvalue weighted by atomic mass is 9.65. The molecule has 3 fully saturated rings. The van der Waals surface area contributed by atoms with Crippen LogP contribution in [0.4, 0.5) is 4.39 Å². The number of ether oxygens (including phenoxy) is 2. The number of carbonyl (C=O) groups is 1. The molecule has 0 radical (unpaired) electrons. The van der Waals surface area contributed by atoms with Crippen molar-refractivity contribution in [3.05, 3.63) is 41.7 Å². The van der Waals surface area contributed by atoms with Gasteiger partial charge in [0.05, 0.1) is 17.8 Å². The largest absolute Gasteiger partial charge is 0.489 e. The van der Waals surface area contributed by atoms with Gasteiger partial charge in [0.1, 0.15) is 12.4 Å². The lowest BCUT2D eigenvalue weighted by Gasteiger charge is -2.41. The summed E-state index contributed by atoms with van der Waals surface area (Å²) in [4.78, 5) is 13.2. The molecule has 1 aromatic carbocycles. The second-order valence-electron chi connectivity index (χ2n) is 9.52. The molecule has 2 atom stereocenters.